The fraction of sp³-hybridized carbons (Fsp3) is 0.444. The summed E-state index contributed by atoms with van der Waals surface area (Å²) in [5.41, 5.74) is 0.505. The molecule has 0 unspecified atom stereocenters. The van der Waals surface area contributed by atoms with Crippen molar-refractivity contribution in [2.45, 2.75) is 19.9 Å². The lowest BCUT2D eigenvalue weighted by molar-refractivity contribution is -0.133. The van der Waals surface area contributed by atoms with Crippen molar-refractivity contribution >= 4 is 22.9 Å². The average molecular weight is 358 g/mol. The third-order valence-electron chi connectivity index (χ3n) is 4.46. The summed E-state index contributed by atoms with van der Waals surface area (Å²) in [6, 6.07) is 7.15. The highest BCUT2D eigenvalue weighted by Crippen LogP contribution is 2.08. The molecule has 0 saturated carbocycles. The fourth-order valence-corrected chi connectivity index (χ4v) is 2.99. The predicted octanol–water partition coefficient (Wildman–Crippen LogP) is 1.09. The zero-order chi connectivity index (χ0) is 18.5. The van der Waals surface area contributed by atoms with Gasteiger partial charge in [-0.15, -0.1) is 0 Å². The van der Waals surface area contributed by atoms with E-state index in [-0.39, 0.29) is 30.5 Å². The second-order valence-corrected chi connectivity index (χ2v) is 6.08. The van der Waals surface area contributed by atoms with Crippen LogP contribution in [-0.4, -0.2) is 64.1 Å². The van der Waals surface area contributed by atoms with E-state index in [0.717, 1.165) is 0 Å². The molecule has 138 valence electrons. The lowest BCUT2D eigenvalue weighted by Crippen LogP contribution is -2.50. The van der Waals surface area contributed by atoms with Crippen molar-refractivity contribution in [2.24, 2.45) is 0 Å². The minimum Gasteiger partial charge on any atom is -0.450 e. The lowest BCUT2D eigenvalue weighted by Gasteiger charge is -2.34. The number of aryl methyl sites for hydroxylation is 1. The van der Waals surface area contributed by atoms with Crippen molar-refractivity contribution in [3.8, 4) is 0 Å². The zero-order valence-corrected chi connectivity index (χ0v) is 14.8. The summed E-state index contributed by atoms with van der Waals surface area (Å²) in [7, 11) is 0. The standard InChI is InChI=1S/C18H22N4O4/c1-2-26-18(25)21-11-9-20(10-12-21)16(23)7-8-22-13-19-15-6-4-3-5-14(15)17(22)24/h3-6,13H,2,7-12H2,1H3. The Kier molecular flexibility index (Phi) is 5.50. The Morgan fingerprint density at radius 2 is 1.81 bits per heavy atom. The predicted molar refractivity (Wildman–Crippen MR) is 95.8 cm³/mol. The summed E-state index contributed by atoms with van der Waals surface area (Å²) in [5.74, 6) is -0.0337. The molecule has 0 atom stereocenters. The highest BCUT2D eigenvalue weighted by molar-refractivity contribution is 5.78. The van der Waals surface area contributed by atoms with E-state index in [4.69, 9.17) is 4.74 Å². The Hall–Kier alpha value is -2.90. The lowest BCUT2D eigenvalue weighted by atomic mass is 10.2. The number of hydrogen-bond acceptors (Lipinski definition) is 5. The Labute approximate surface area is 151 Å². The molecule has 1 aromatic carbocycles. The normalized spacial score (nSPS) is 14.5. The number of benzene rings is 1. The second-order valence-electron chi connectivity index (χ2n) is 6.08. The van der Waals surface area contributed by atoms with Gasteiger partial charge in [0.15, 0.2) is 0 Å². The monoisotopic (exact) mass is 358 g/mol. The third-order valence-corrected chi connectivity index (χ3v) is 4.46. The molecule has 2 heterocycles. The van der Waals surface area contributed by atoms with Crippen LogP contribution in [0.5, 0.6) is 0 Å². The molecule has 1 aliphatic heterocycles. The van der Waals surface area contributed by atoms with Gasteiger partial charge in [-0.1, -0.05) is 12.1 Å². The Balaban J connectivity index is 1.56. The molecule has 26 heavy (non-hydrogen) atoms. The largest absolute Gasteiger partial charge is 0.450 e. The van der Waals surface area contributed by atoms with Crippen LogP contribution in [0.2, 0.25) is 0 Å². The summed E-state index contributed by atoms with van der Waals surface area (Å²) >= 11 is 0. The summed E-state index contributed by atoms with van der Waals surface area (Å²) in [6.45, 7) is 4.26. The number of nitrogens with zero attached hydrogens (tertiary/aromatic N) is 4. The quantitative estimate of drug-likeness (QED) is 0.817. The van der Waals surface area contributed by atoms with E-state index in [0.29, 0.717) is 43.7 Å². The molecular formula is C18H22N4O4. The molecule has 2 amide bonds. The Morgan fingerprint density at radius 3 is 2.54 bits per heavy atom. The third kappa shape index (κ3) is 3.84. The molecule has 1 fully saturated rings. The topological polar surface area (TPSA) is 84.7 Å². The van der Waals surface area contributed by atoms with Gasteiger partial charge in [-0.25, -0.2) is 9.78 Å². The maximum absolute atomic E-state index is 12.4. The van der Waals surface area contributed by atoms with Crippen molar-refractivity contribution in [3.63, 3.8) is 0 Å². The van der Waals surface area contributed by atoms with Crippen molar-refractivity contribution < 1.29 is 14.3 Å². The van der Waals surface area contributed by atoms with Crippen LogP contribution in [0.3, 0.4) is 0 Å². The molecule has 0 radical (unpaired) electrons. The smallest absolute Gasteiger partial charge is 0.409 e. The number of ether oxygens (including phenoxy) is 1. The van der Waals surface area contributed by atoms with E-state index in [1.54, 1.807) is 34.9 Å². The molecule has 3 rings (SSSR count). The molecule has 0 N–H and O–H groups in total. The van der Waals surface area contributed by atoms with Crippen LogP contribution in [0.1, 0.15) is 13.3 Å². The molecule has 8 heteroatoms. The molecule has 0 aliphatic carbocycles. The van der Waals surface area contributed by atoms with Crippen molar-refractivity contribution in [1.82, 2.24) is 19.4 Å². The van der Waals surface area contributed by atoms with E-state index in [1.807, 2.05) is 6.07 Å². The van der Waals surface area contributed by atoms with Gasteiger partial charge in [0.05, 0.1) is 23.8 Å². The molecular weight excluding hydrogens is 336 g/mol. The van der Waals surface area contributed by atoms with Gasteiger partial charge in [0.2, 0.25) is 5.91 Å². The number of fused-ring (bicyclic) bond motifs is 1. The zero-order valence-electron chi connectivity index (χ0n) is 14.8. The number of carbonyl (C=O) groups is 2. The van der Waals surface area contributed by atoms with E-state index < -0.39 is 0 Å². The van der Waals surface area contributed by atoms with Crippen molar-refractivity contribution in [3.05, 3.63) is 40.9 Å². The van der Waals surface area contributed by atoms with Gasteiger partial charge in [-0.05, 0) is 19.1 Å². The Morgan fingerprint density at radius 1 is 1.12 bits per heavy atom. The number of para-hydroxylation sites is 1. The summed E-state index contributed by atoms with van der Waals surface area (Å²) in [6.07, 6.45) is 1.36. The number of piperazine rings is 1. The summed E-state index contributed by atoms with van der Waals surface area (Å²) < 4.78 is 6.44. The number of carbonyl (C=O) groups excluding carboxylic acids is 2. The number of hydrogen-bond donors (Lipinski definition) is 0. The number of amides is 2. The fourth-order valence-electron chi connectivity index (χ4n) is 2.99. The van der Waals surface area contributed by atoms with Crippen LogP contribution in [0.15, 0.2) is 35.4 Å². The van der Waals surface area contributed by atoms with E-state index in [9.17, 15) is 14.4 Å². The van der Waals surface area contributed by atoms with Gasteiger partial charge in [0.1, 0.15) is 0 Å². The van der Waals surface area contributed by atoms with Gasteiger partial charge in [-0.2, -0.15) is 0 Å². The van der Waals surface area contributed by atoms with Crippen molar-refractivity contribution in [1.29, 1.82) is 0 Å². The molecule has 1 aromatic heterocycles. The summed E-state index contributed by atoms with van der Waals surface area (Å²) in [5, 5.41) is 0.547. The first-order valence-corrected chi connectivity index (χ1v) is 8.74. The number of rotatable bonds is 4. The maximum Gasteiger partial charge on any atom is 0.409 e. The minimum absolute atomic E-state index is 0.0337. The minimum atomic E-state index is -0.339. The highest BCUT2D eigenvalue weighted by Gasteiger charge is 2.24. The van der Waals surface area contributed by atoms with Gasteiger partial charge in [0.25, 0.3) is 5.56 Å². The highest BCUT2D eigenvalue weighted by atomic mass is 16.6. The SMILES string of the molecule is CCOC(=O)N1CCN(C(=O)CCn2cnc3ccccc3c2=O)CC1. The molecule has 0 spiro atoms. The number of aromatic nitrogens is 2. The van der Waals surface area contributed by atoms with E-state index >= 15 is 0 Å². The Bertz CT molecular complexity index is 856. The van der Waals surface area contributed by atoms with Gasteiger partial charge in [0, 0.05) is 39.1 Å². The van der Waals surface area contributed by atoms with Crippen LogP contribution >= 0.6 is 0 Å². The van der Waals surface area contributed by atoms with E-state index in [1.165, 1.54) is 10.9 Å². The van der Waals surface area contributed by atoms with Gasteiger partial charge < -0.3 is 14.5 Å². The first-order valence-electron chi connectivity index (χ1n) is 8.74. The molecule has 8 nitrogen and oxygen atoms in total. The maximum atomic E-state index is 12.4. The van der Waals surface area contributed by atoms with Crippen LogP contribution in [0.4, 0.5) is 4.79 Å². The van der Waals surface area contributed by atoms with Gasteiger partial charge in [-0.3, -0.25) is 14.2 Å². The first kappa shape index (κ1) is 17.9. The van der Waals surface area contributed by atoms with Crippen molar-refractivity contribution in [2.75, 3.05) is 32.8 Å². The van der Waals surface area contributed by atoms with Crippen LogP contribution < -0.4 is 5.56 Å². The summed E-state index contributed by atoms with van der Waals surface area (Å²) in [4.78, 5) is 44.1. The van der Waals surface area contributed by atoms with Crippen LogP contribution in [0.25, 0.3) is 10.9 Å². The molecule has 2 aromatic rings. The molecule has 1 saturated heterocycles. The first-order chi connectivity index (χ1) is 12.6. The average Bonchev–Trinajstić information content (AvgIpc) is 2.68. The second kappa shape index (κ2) is 7.99. The molecule has 1 aliphatic rings. The van der Waals surface area contributed by atoms with Crippen LogP contribution in [0, 0.1) is 0 Å². The van der Waals surface area contributed by atoms with Gasteiger partial charge >= 0.3 is 6.09 Å². The van der Waals surface area contributed by atoms with Crippen LogP contribution in [-0.2, 0) is 16.1 Å². The van der Waals surface area contributed by atoms with E-state index in [2.05, 4.69) is 4.98 Å². The molecule has 0 bridgehead atoms.